The van der Waals surface area contributed by atoms with Crippen LogP contribution in [0.5, 0.6) is 0 Å². The van der Waals surface area contributed by atoms with Crippen LogP contribution < -0.4 is 0 Å². The molecule has 0 radical (unpaired) electrons. The summed E-state index contributed by atoms with van der Waals surface area (Å²) < 4.78 is 11.2. The number of rotatable bonds is 2. The molecule has 6 heavy (non-hydrogen) atoms. The summed E-state index contributed by atoms with van der Waals surface area (Å²) in [6, 6.07) is 0. The Morgan fingerprint density at radius 3 is 2.50 bits per heavy atom. The quantitative estimate of drug-likeness (QED) is 0.330. The molecule has 2 nitrogen and oxygen atoms in total. The number of halogens is 2. The molecule has 0 aromatic carbocycles. The lowest BCUT2D eigenvalue weighted by atomic mass is 10.8. The van der Waals surface area contributed by atoms with Crippen LogP contribution in [0, 0.1) is 0 Å². The molecular weight excluding hydrogens is 110 g/mol. The van der Waals surface area contributed by atoms with E-state index in [1.54, 1.807) is 0 Å². The van der Waals surface area contributed by atoms with Gasteiger partial charge in [0.1, 0.15) is 6.61 Å². The maximum Gasteiger partial charge on any atom is 0.199 e. The number of alkyl halides is 2. The molecule has 0 saturated heterocycles. The molecule has 0 aromatic heterocycles. The smallest absolute Gasteiger partial charge is 0.199 e. The van der Waals surface area contributed by atoms with E-state index in [9.17, 15) is 4.39 Å². The van der Waals surface area contributed by atoms with E-state index in [-0.39, 0.29) is 0 Å². The van der Waals surface area contributed by atoms with E-state index in [4.69, 9.17) is 5.26 Å². The molecule has 4 heteroatoms. The van der Waals surface area contributed by atoms with Crippen molar-refractivity contribution < 1.29 is 14.5 Å². The number of hydrogen-bond acceptors (Lipinski definition) is 2. The van der Waals surface area contributed by atoms with Gasteiger partial charge in [0.2, 0.25) is 0 Å². The molecule has 0 fully saturated rings. The third-order valence-corrected chi connectivity index (χ3v) is 0.327. The monoisotopic (exact) mass is 114 g/mol. The lowest BCUT2D eigenvalue weighted by Gasteiger charge is -1.89. The van der Waals surface area contributed by atoms with Crippen LogP contribution in [0.3, 0.4) is 0 Å². The van der Waals surface area contributed by atoms with Crippen molar-refractivity contribution in [2.75, 3.05) is 6.61 Å². The van der Waals surface area contributed by atoms with Crippen molar-refractivity contribution in [3.63, 3.8) is 0 Å². The first kappa shape index (κ1) is 6.14. The molecule has 0 spiro atoms. The molecule has 0 saturated carbocycles. The van der Waals surface area contributed by atoms with Gasteiger partial charge < -0.3 is 0 Å². The summed E-state index contributed by atoms with van der Waals surface area (Å²) in [6.45, 7) is -0.471. The van der Waals surface area contributed by atoms with Gasteiger partial charge in [-0.3, -0.25) is 5.26 Å². The van der Waals surface area contributed by atoms with E-state index >= 15 is 0 Å². The molecule has 1 N–H and O–H groups in total. The minimum atomic E-state index is -1.60. The average Bonchev–Trinajstić information content (AvgIpc) is 1.35. The first-order valence-electron chi connectivity index (χ1n) is 1.32. The fourth-order valence-corrected chi connectivity index (χ4v) is 0.113. The lowest BCUT2D eigenvalue weighted by Crippen LogP contribution is -1.98. The van der Waals surface area contributed by atoms with Crippen LogP contribution in [-0.2, 0) is 4.89 Å². The molecular formula is C2H4ClFO2. The Hall–Kier alpha value is 0.140. The zero-order chi connectivity index (χ0) is 4.99. The first-order chi connectivity index (χ1) is 2.77. The molecule has 0 aliphatic carbocycles. The maximum atomic E-state index is 11.2. The Morgan fingerprint density at radius 2 is 2.50 bits per heavy atom. The van der Waals surface area contributed by atoms with E-state index in [1.807, 2.05) is 0 Å². The highest BCUT2D eigenvalue weighted by molar-refractivity contribution is 6.19. The van der Waals surface area contributed by atoms with Crippen LogP contribution in [-0.4, -0.2) is 17.5 Å². The van der Waals surface area contributed by atoms with Gasteiger partial charge in [0.05, 0.1) is 0 Å². The summed E-state index contributed by atoms with van der Waals surface area (Å²) in [7, 11) is 0. The van der Waals surface area contributed by atoms with Gasteiger partial charge in [-0.2, -0.15) is 0 Å². The minimum Gasteiger partial charge on any atom is -0.252 e. The van der Waals surface area contributed by atoms with Crippen molar-refractivity contribution in [2.24, 2.45) is 0 Å². The molecule has 1 unspecified atom stereocenters. The van der Waals surface area contributed by atoms with Crippen LogP contribution in [0.1, 0.15) is 0 Å². The van der Waals surface area contributed by atoms with Crippen LogP contribution in [0.4, 0.5) is 4.39 Å². The van der Waals surface area contributed by atoms with Crippen molar-refractivity contribution in [3.05, 3.63) is 0 Å². The predicted octanol–water partition coefficient (Wildman–Crippen LogP) is 1.01. The van der Waals surface area contributed by atoms with Crippen molar-refractivity contribution in [3.8, 4) is 0 Å². The fourth-order valence-electron chi connectivity index (χ4n) is 0.0563. The highest BCUT2D eigenvalue weighted by atomic mass is 35.5. The van der Waals surface area contributed by atoms with Gasteiger partial charge in [0.25, 0.3) is 0 Å². The molecule has 0 aromatic rings. The van der Waals surface area contributed by atoms with Gasteiger partial charge in [-0.15, -0.1) is 0 Å². The number of hydrogen-bond donors (Lipinski definition) is 1. The largest absolute Gasteiger partial charge is 0.252 e. The van der Waals surface area contributed by atoms with Crippen LogP contribution in [0.2, 0.25) is 0 Å². The second kappa shape index (κ2) is 3.33. The van der Waals surface area contributed by atoms with Crippen molar-refractivity contribution in [2.45, 2.75) is 5.63 Å². The van der Waals surface area contributed by atoms with Crippen molar-refractivity contribution in [1.82, 2.24) is 0 Å². The third-order valence-electron chi connectivity index (χ3n) is 0.201. The highest BCUT2D eigenvalue weighted by Crippen LogP contribution is 1.93. The summed E-state index contributed by atoms with van der Waals surface area (Å²) in [5.41, 5.74) is -1.60. The summed E-state index contributed by atoms with van der Waals surface area (Å²) >= 11 is 4.63. The topological polar surface area (TPSA) is 29.5 Å². The second-order valence-electron chi connectivity index (χ2n) is 0.687. The fraction of sp³-hybridized carbons (Fsp3) is 1.00. The zero-order valence-corrected chi connectivity index (χ0v) is 3.65. The molecule has 0 aliphatic rings. The molecule has 0 heterocycles. The second-order valence-corrected chi connectivity index (χ2v) is 1.16. The Kier molecular flexibility index (Phi) is 3.41. The van der Waals surface area contributed by atoms with Gasteiger partial charge in [-0.05, 0) is 0 Å². The van der Waals surface area contributed by atoms with E-state index in [2.05, 4.69) is 16.5 Å². The van der Waals surface area contributed by atoms with Crippen LogP contribution in [0.15, 0.2) is 0 Å². The summed E-state index contributed by atoms with van der Waals surface area (Å²) in [6.07, 6.45) is 0. The normalized spacial score (nSPS) is 14.5. The minimum absolute atomic E-state index is 0.471. The Labute approximate surface area is 39.4 Å². The van der Waals surface area contributed by atoms with Crippen molar-refractivity contribution in [1.29, 1.82) is 0 Å². The van der Waals surface area contributed by atoms with Crippen LogP contribution >= 0.6 is 11.6 Å². The predicted molar refractivity (Wildman–Crippen MR) is 19.3 cm³/mol. The van der Waals surface area contributed by atoms with Gasteiger partial charge in [-0.25, -0.2) is 9.28 Å². The van der Waals surface area contributed by atoms with Gasteiger partial charge in [-0.1, -0.05) is 11.6 Å². The lowest BCUT2D eigenvalue weighted by molar-refractivity contribution is -0.246. The zero-order valence-electron chi connectivity index (χ0n) is 2.90. The third kappa shape index (κ3) is 4.14. The van der Waals surface area contributed by atoms with Gasteiger partial charge in [0.15, 0.2) is 5.63 Å². The maximum absolute atomic E-state index is 11.2. The molecule has 1 atom stereocenters. The average molecular weight is 115 g/mol. The Balaban J connectivity index is 2.63. The summed E-state index contributed by atoms with van der Waals surface area (Å²) in [5, 5.41) is 7.41. The van der Waals surface area contributed by atoms with Crippen molar-refractivity contribution >= 4 is 11.6 Å². The molecule has 38 valence electrons. The van der Waals surface area contributed by atoms with E-state index in [0.29, 0.717) is 0 Å². The van der Waals surface area contributed by atoms with Gasteiger partial charge >= 0.3 is 0 Å². The Morgan fingerprint density at radius 1 is 2.00 bits per heavy atom. The highest BCUT2D eigenvalue weighted by Gasteiger charge is 1.95. The van der Waals surface area contributed by atoms with Gasteiger partial charge in [0, 0.05) is 0 Å². The van der Waals surface area contributed by atoms with E-state index in [0.717, 1.165) is 0 Å². The van der Waals surface area contributed by atoms with E-state index in [1.165, 1.54) is 0 Å². The SMILES string of the molecule is OOCC(F)Cl. The summed E-state index contributed by atoms with van der Waals surface area (Å²) in [4.78, 5) is 3.30. The Bertz CT molecular complexity index is 32.7. The molecule has 0 amide bonds. The first-order valence-corrected chi connectivity index (χ1v) is 1.75. The summed E-state index contributed by atoms with van der Waals surface area (Å²) in [5.74, 6) is 0. The molecule has 0 aliphatic heterocycles. The standard InChI is InChI=1S/C2H4ClFO2/c3-2(4)1-6-5/h2,5H,1H2. The van der Waals surface area contributed by atoms with E-state index < -0.39 is 12.2 Å². The molecule has 0 bridgehead atoms. The van der Waals surface area contributed by atoms with Crippen LogP contribution in [0.25, 0.3) is 0 Å². The molecule has 0 rings (SSSR count).